The minimum absolute atomic E-state index is 0.303. The zero-order valence-electron chi connectivity index (χ0n) is 10.6. The van der Waals surface area contributed by atoms with E-state index in [2.05, 4.69) is 4.98 Å². The minimum Gasteiger partial charge on any atom is -0.465 e. The van der Waals surface area contributed by atoms with E-state index in [-0.39, 0.29) is 0 Å². The molecule has 3 rings (SSSR count). The normalized spacial score (nSPS) is 10.7. The number of hydrogen-bond donors (Lipinski definition) is 0. The summed E-state index contributed by atoms with van der Waals surface area (Å²) in [6.45, 7) is 0. The van der Waals surface area contributed by atoms with Crippen LogP contribution in [0.4, 0.5) is 0 Å². The largest absolute Gasteiger partial charge is 0.465 e. The lowest BCUT2D eigenvalue weighted by atomic mass is 10.1. The van der Waals surface area contributed by atoms with E-state index >= 15 is 0 Å². The molecule has 0 amide bonds. The Kier molecular flexibility index (Phi) is 3.16. The van der Waals surface area contributed by atoms with Gasteiger partial charge < -0.3 is 9.15 Å². The molecule has 0 saturated carbocycles. The van der Waals surface area contributed by atoms with Gasteiger partial charge in [-0.2, -0.15) is 0 Å². The van der Waals surface area contributed by atoms with Crippen molar-refractivity contribution in [3.8, 4) is 11.5 Å². The molecule has 0 N–H and O–H groups in total. The first-order valence-corrected chi connectivity index (χ1v) is 6.29. The van der Waals surface area contributed by atoms with Gasteiger partial charge in [0.1, 0.15) is 16.8 Å². The van der Waals surface area contributed by atoms with Crippen molar-refractivity contribution in [3.63, 3.8) is 0 Å². The third-order valence-electron chi connectivity index (χ3n) is 2.90. The van der Waals surface area contributed by atoms with Crippen LogP contribution in [-0.4, -0.2) is 18.1 Å². The SMILES string of the molecule is COC(=O)c1cc(Cl)cc2cc(-c3ccccn3)oc12. The first-order chi connectivity index (χ1) is 9.69. The summed E-state index contributed by atoms with van der Waals surface area (Å²) in [5.41, 5.74) is 1.44. The number of hydrogen-bond acceptors (Lipinski definition) is 4. The zero-order valence-corrected chi connectivity index (χ0v) is 11.3. The van der Waals surface area contributed by atoms with Gasteiger partial charge in [-0.1, -0.05) is 17.7 Å². The fraction of sp³-hybridized carbons (Fsp3) is 0.0667. The van der Waals surface area contributed by atoms with Gasteiger partial charge in [0.05, 0.1) is 7.11 Å². The molecule has 4 nitrogen and oxygen atoms in total. The van der Waals surface area contributed by atoms with Crippen LogP contribution >= 0.6 is 11.6 Å². The molecule has 0 saturated heterocycles. The second kappa shape index (κ2) is 4.98. The summed E-state index contributed by atoms with van der Waals surface area (Å²) in [5.74, 6) is 0.0902. The number of benzene rings is 1. The molecule has 0 bridgehead atoms. The first-order valence-electron chi connectivity index (χ1n) is 5.92. The molecule has 0 aliphatic heterocycles. The second-order valence-corrected chi connectivity index (χ2v) is 4.63. The summed E-state index contributed by atoms with van der Waals surface area (Å²) >= 11 is 6.02. The first kappa shape index (κ1) is 12.7. The van der Waals surface area contributed by atoms with Gasteiger partial charge >= 0.3 is 5.97 Å². The molecule has 1 aromatic carbocycles. The number of halogens is 1. The summed E-state index contributed by atoms with van der Waals surface area (Å²) < 4.78 is 10.5. The molecule has 0 unspecified atom stereocenters. The van der Waals surface area contributed by atoms with Gasteiger partial charge in [-0.15, -0.1) is 0 Å². The highest BCUT2D eigenvalue weighted by Gasteiger charge is 2.17. The molecule has 0 radical (unpaired) electrons. The summed E-state index contributed by atoms with van der Waals surface area (Å²) in [4.78, 5) is 16.0. The standard InChI is InChI=1S/C15H10ClNO3/c1-19-15(18)11-8-10(16)6-9-7-13(20-14(9)11)12-4-2-3-5-17-12/h2-8H,1H3. The predicted octanol–water partition coefficient (Wildman–Crippen LogP) is 3.93. The molecule has 2 aromatic heterocycles. The maximum absolute atomic E-state index is 11.8. The molecule has 0 aliphatic carbocycles. The second-order valence-electron chi connectivity index (χ2n) is 4.19. The third kappa shape index (κ3) is 2.14. The van der Waals surface area contributed by atoms with Crippen molar-refractivity contribution in [1.82, 2.24) is 4.98 Å². The fourth-order valence-electron chi connectivity index (χ4n) is 2.01. The van der Waals surface area contributed by atoms with Crippen LogP contribution in [-0.2, 0) is 4.74 Å². The van der Waals surface area contributed by atoms with Gasteiger partial charge in [0.15, 0.2) is 5.76 Å². The van der Waals surface area contributed by atoms with Crippen molar-refractivity contribution < 1.29 is 13.9 Å². The van der Waals surface area contributed by atoms with Gasteiger partial charge in [-0.3, -0.25) is 4.98 Å². The maximum Gasteiger partial charge on any atom is 0.341 e. The van der Waals surface area contributed by atoms with Crippen LogP contribution in [0.5, 0.6) is 0 Å². The number of pyridine rings is 1. The molecule has 100 valence electrons. The number of carbonyl (C=O) groups excluding carboxylic acids is 1. The summed E-state index contributed by atoms with van der Waals surface area (Å²) in [6, 6.07) is 10.6. The predicted molar refractivity (Wildman–Crippen MR) is 75.8 cm³/mol. The maximum atomic E-state index is 11.8. The molecule has 0 fully saturated rings. The number of aromatic nitrogens is 1. The van der Waals surface area contributed by atoms with Crippen LogP contribution in [0, 0.1) is 0 Å². The smallest absolute Gasteiger partial charge is 0.341 e. The van der Waals surface area contributed by atoms with Gasteiger partial charge in [0, 0.05) is 16.6 Å². The van der Waals surface area contributed by atoms with E-state index in [0.717, 1.165) is 5.39 Å². The zero-order chi connectivity index (χ0) is 14.1. The van der Waals surface area contributed by atoms with Gasteiger partial charge in [-0.05, 0) is 30.3 Å². The molecule has 2 heterocycles. The van der Waals surface area contributed by atoms with E-state index in [1.54, 1.807) is 18.3 Å². The molecule has 5 heteroatoms. The van der Waals surface area contributed by atoms with Crippen molar-refractivity contribution >= 4 is 28.5 Å². The Bertz CT molecular complexity index is 780. The van der Waals surface area contributed by atoms with E-state index in [1.807, 2.05) is 18.2 Å². The summed E-state index contributed by atoms with van der Waals surface area (Å²) in [7, 11) is 1.32. The van der Waals surface area contributed by atoms with E-state index in [1.165, 1.54) is 13.2 Å². The molecule has 0 aliphatic rings. The monoisotopic (exact) mass is 287 g/mol. The molecule has 0 spiro atoms. The average Bonchev–Trinajstić information content (AvgIpc) is 2.90. The number of nitrogens with zero attached hydrogens (tertiary/aromatic N) is 1. The highest BCUT2D eigenvalue weighted by atomic mass is 35.5. The Morgan fingerprint density at radius 2 is 2.15 bits per heavy atom. The van der Waals surface area contributed by atoms with Gasteiger partial charge in [-0.25, -0.2) is 4.79 Å². The van der Waals surface area contributed by atoms with Crippen molar-refractivity contribution in [1.29, 1.82) is 0 Å². The van der Waals surface area contributed by atoms with Crippen LogP contribution in [0.15, 0.2) is 47.0 Å². The fourth-order valence-corrected chi connectivity index (χ4v) is 2.24. The number of carbonyl (C=O) groups is 1. The van der Waals surface area contributed by atoms with Crippen LogP contribution < -0.4 is 0 Å². The van der Waals surface area contributed by atoms with Crippen molar-refractivity contribution in [2.24, 2.45) is 0 Å². The van der Waals surface area contributed by atoms with Crippen molar-refractivity contribution in [2.75, 3.05) is 7.11 Å². The van der Waals surface area contributed by atoms with Gasteiger partial charge in [0.25, 0.3) is 0 Å². The highest BCUT2D eigenvalue weighted by Crippen LogP contribution is 2.31. The van der Waals surface area contributed by atoms with Crippen LogP contribution in [0.1, 0.15) is 10.4 Å². The number of ether oxygens (including phenoxy) is 1. The van der Waals surface area contributed by atoms with E-state index < -0.39 is 5.97 Å². The van der Waals surface area contributed by atoms with E-state index in [9.17, 15) is 4.79 Å². The molecular formula is C15H10ClNO3. The number of fused-ring (bicyclic) bond motifs is 1. The lowest BCUT2D eigenvalue weighted by Gasteiger charge is -2.00. The quantitative estimate of drug-likeness (QED) is 0.670. The highest BCUT2D eigenvalue weighted by molar-refractivity contribution is 6.32. The average molecular weight is 288 g/mol. The minimum atomic E-state index is -0.487. The van der Waals surface area contributed by atoms with Crippen molar-refractivity contribution in [2.45, 2.75) is 0 Å². The Morgan fingerprint density at radius 1 is 1.30 bits per heavy atom. The Hall–Kier alpha value is -2.33. The molecule has 0 atom stereocenters. The summed E-state index contributed by atoms with van der Waals surface area (Å²) in [6.07, 6.45) is 1.68. The molecule has 3 aromatic rings. The molecular weight excluding hydrogens is 278 g/mol. The lowest BCUT2D eigenvalue weighted by Crippen LogP contribution is -2.01. The van der Waals surface area contributed by atoms with E-state index in [0.29, 0.717) is 27.6 Å². The van der Waals surface area contributed by atoms with Crippen LogP contribution in [0.3, 0.4) is 0 Å². The topological polar surface area (TPSA) is 52.3 Å². The van der Waals surface area contributed by atoms with E-state index in [4.69, 9.17) is 20.8 Å². The summed E-state index contributed by atoms with van der Waals surface area (Å²) in [5, 5.41) is 1.19. The molecule has 20 heavy (non-hydrogen) atoms. The number of methoxy groups -OCH3 is 1. The van der Waals surface area contributed by atoms with Crippen LogP contribution in [0.2, 0.25) is 5.02 Å². The third-order valence-corrected chi connectivity index (χ3v) is 3.12. The Balaban J connectivity index is 2.23. The van der Waals surface area contributed by atoms with Crippen molar-refractivity contribution in [3.05, 3.63) is 53.2 Å². The number of rotatable bonds is 2. The lowest BCUT2D eigenvalue weighted by molar-refractivity contribution is 0.0602. The van der Waals surface area contributed by atoms with Crippen LogP contribution in [0.25, 0.3) is 22.4 Å². The number of esters is 1. The Morgan fingerprint density at radius 3 is 2.85 bits per heavy atom. The number of furan rings is 1. The van der Waals surface area contributed by atoms with Gasteiger partial charge in [0.2, 0.25) is 0 Å². The Labute approximate surface area is 119 Å².